The van der Waals surface area contributed by atoms with Crippen LogP contribution in [0.15, 0.2) is 24.3 Å². The van der Waals surface area contributed by atoms with Gasteiger partial charge >= 0.3 is 6.18 Å². The first-order valence-electron chi connectivity index (χ1n) is 5.09. The quantitative estimate of drug-likeness (QED) is 0.814. The molecule has 0 spiro atoms. The van der Waals surface area contributed by atoms with Gasteiger partial charge in [-0.25, -0.2) is 0 Å². The van der Waals surface area contributed by atoms with E-state index in [4.69, 9.17) is 5.26 Å². The molecule has 5 heteroatoms. The number of aryl methyl sites for hydroxylation is 1. The van der Waals surface area contributed by atoms with Gasteiger partial charge in [0.1, 0.15) is 0 Å². The van der Waals surface area contributed by atoms with E-state index in [2.05, 4.69) is 0 Å². The van der Waals surface area contributed by atoms with Crippen LogP contribution >= 0.6 is 0 Å². The molecule has 17 heavy (non-hydrogen) atoms. The van der Waals surface area contributed by atoms with Crippen molar-refractivity contribution in [2.24, 2.45) is 5.92 Å². The van der Waals surface area contributed by atoms with E-state index in [1.165, 1.54) is 11.0 Å². The van der Waals surface area contributed by atoms with Crippen LogP contribution in [0.2, 0.25) is 0 Å². The van der Waals surface area contributed by atoms with Crippen molar-refractivity contribution in [3.63, 3.8) is 0 Å². The summed E-state index contributed by atoms with van der Waals surface area (Å²) in [6, 6.07) is 8.43. The predicted molar refractivity (Wildman–Crippen MR) is 59.6 cm³/mol. The van der Waals surface area contributed by atoms with E-state index >= 15 is 0 Å². The van der Waals surface area contributed by atoms with Gasteiger partial charge in [0.05, 0.1) is 6.07 Å². The fourth-order valence-corrected chi connectivity index (χ4v) is 1.58. The number of benzene rings is 1. The number of hydrogen-bond donors (Lipinski definition) is 0. The molecule has 92 valence electrons. The Kier molecular flexibility index (Phi) is 4.00. The lowest BCUT2D eigenvalue weighted by Gasteiger charge is -2.24. The van der Waals surface area contributed by atoms with Gasteiger partial charge in [-0.05, 0) is 18.6 Å². The Morgan fingerprint density at radius 3 is 2.41 bits per heavy atom. The van der Waals surface area contributed by atoms with Gasteiger partial charge in [0.2, 0.25) is 0 Å². The summed E-state index contributed by atoms with van der Waals surface area (Å²) in [6.45, 7) is 1.46. The van der Waals surface area contributed by atoms with Gasteiger partial charge in [-0.3, -0.25) is 0 Å². The van der Waals surface area contributed by atoms with Crippen LogP contribution in [0.4, 0.5) is 18.9 Å². The zero-order chi connectivity index (χ0) is 13.1. The van der Waals surface area contributed by atoms with Crippen molar-refractivity contribution < 1.29 is 13.2 Å². The third-order valence-electron chi connectivity index (χ3n) is 2.53. The van der Waals surface area contributed by atoms with Gasteiger partial charge in [-0.2, -0.15) is 18.4 Å². The number of hydrogen-bond acceptors (Lipinski definition) is 2. The zero-order valence-electron chi connectivity index (χ0n) is 9.62. The minimum absolute atomic E-state index is 0.356. The van der Waals surface area contributed by atoms with Crippen LogP contribution in [-0.2, 0) is 0 Å². The van der Waals surface area contributed by atoms with Gasteiger partial charge in [0.15, 0.2) is 5.92 Å². The van der Waals surface area contributed by atoms with E-state index in [1.807, 2.05) is 19.1 Å². The van der Waals surface area contributed by atoms with Crippen LogP contribution in [-0.4, -0.2) is 19.8 Å². The fraction of sp³-hybridized carbons (Fsp3) is 0.417. The molecule has 0 saturated carbocycles. The molecule has 2 nitrogen and oxygen atoms in total. The molecule has 0 bridgehead atoms. The largest absolute Gasteiger partial charge is 0.406 e. The molecule has 0 radical (unpaired) electrons. The molecule has 1 aromatic carbocycles. The monoisotopic (exact) mass is 242 g/mol. The number of nitrogens with zero attached hydrogens (tertiary/aromatic N) is 2. The third kappa shape index (κ3) is 3.38. The Balaban J connectivity index is 2.83. The maximum atomic E-state index is 12.4. The molecular weight excluding hydrogens is 229 g/mol. The Hall–Kier alpha value is -1.70. The van der Waals surface area contributed by atoms with Crippen LogP contribution in [0, 0.1) is 24.2 Å². The normalized spacial score (nSPS) is 12.9. The first-order chi connectivity index (χ1) is 7.86. The topological polar surface area (TPSA) is 27.0 Å². The lowest BCUT2D eigenvalue weighted by Crippen LogP contribution is -2.34. The second-order valence-corrected chi connectivity index (χ2v) is 3.89. The minimum Gasteiger partial charge on any atom is -0.373 e. The van der Waals surface area contributed by atoms with Crippen molar-refractivity contribution in [2.45, 2.75) is 13.1 Å². The van der Waals surface area contributed by atoms with Crippen LogP contribution in [0.3, 0.4) is 0 Å². The molecule has 0 saturated heterocycles. The van der Waals surface area contributed by atoms with Crippen LogP contribution in [0.1, 0.15) is 5.56 Å². The highest BCUT2D eigenvalue weighted by molar-refractivity contribution is 5.52. The highest BCUT2D eigenvalue weighted by Crippen LogP contribution is 2.28. The van der Waals surface area contributed by atoms with Crippen molar-refractivity contribution >= 4 is 5.69 Å². The molecule has 1 aromatic rings. The van der Waals surface area contributed by atoms with Crippen molar-refractivity contribution in [1.82, 2.24) is 0 Å². The molecule has 0 heterocycles. The molecule has 1 rings (SSSR count). The van der Waals surface area contributed by atoms with Crippen LogP contribution in [0.5, 0.6) is 0 Å². The standard InChI is InChI=1S/C12H13F3N2/c1-9-5-3-4-6-11(9)17(2)8-10(7-16)12(13,14)15/h3-6,10H,8H2,1-2H3. The number of anilines is 1. The van der Waals surface area contributed by atoms with Gasteiger partial charge < -0.3 is 4.90 Å². The minimum atomic E-state index is -4.48. The van der Waals surface area contributed by atoms with Gasteiger partial charge in [0.25, 0.3) is 0 Å². The Labute approximate surface area is 98.3 Å². The Morgan fingerprint density at radius 1 is 1.35 bits per heavy atom. The summed E-state index contributed by atoms with van der Waals surface area (Å²) in [5.41, 5.74) is 1.59. The van der Waals surface area contributed by atoms with E-state index < -0.39 is 12.1 Å². The van der Waals surface area contributed by atoms with E-state index in [1.54, 1.807) is 19.2 Å². The maximum Gasteiger partial charge on any atom is 0.406 e. The van der Waals surface area contributed by atoms with E-state index in [0.29, 0.717) is 5.69 Å². The van der Waals surface area contributed by atoms with Crippen molar-refractivity contribution in [1.29, 1.82) is 5.26 Å². The van der Waals surface area contributed by atoms with Crippen molar-refractivity contribution in [3.05, 3.63) is 29.8 Å². The highest BCUT2D eigenvalue weighted by atomic mass is 19.4. The smallest absolute Gasteiger partial charge is 0.373 e. The van der Waals surface area contributed by atoms with Crippen molar-refractivity contribution in [3.8, 4) is 6.07 Å². The molecule has 1 atom stereocenters. The van der Waals surface area contributed by atoms with E-state index in [0.717, 1.165) is 5.56 Å². The number of rotatable bonds is 3. The second kappa shape index (κ2) is 5.09. The van der Waals surface area contributed by atoms with Gasteiger partial charge in [0, 0.05) is 19.3 Å². The Bertz CT molecular complexity index is 420. The van der Waals surface area contributed by atoms with E-state index in [-0.39, 0.29) is 6.54 Å². The summed E-state index contributed by atoms with van der Waals surface area (Å²) in [7, 11) is 1.55. The van der Waals surface area contributed by atoms with Gasteiger partial charge in [-0.15, -0.1) is 0 Å². The number of para-hydroxylation sites is 1. The molecule has 0 aromatic heterocycles. The molecule has 1 unspecified atom stereocenters. The summed E-state index contributed by atoms with van der Waals surface area (Å²) in [5.74, 6) is -1.97. The summed E-state index contributed by atoms with van der Waals surface area (Å²) < 4.78 is 37.3. The molecule has 0 N–H and O–H groups in total. The molecule has 0 amide bonds. The number of alkyl halides is 3. The van der Waals surface area contributed by atoms with Crippen molar-refractivity contribution in [2.75, 3.05) is 18.5 Å². The molecule has 0 aliphatic carbocycles. The third-order valence-corrected chi connectivity index (χ3v) is 2.53. The first kappa shape index (κ1) is 13.4. The first-order valence-corrected chi connectivity index (χ1v) is 5.09. The predicted octanol–water partition coefficient (Wildman–Crippen LogP) is 3.13. The van der Waals surface area contributed by atoms with E-state index in [9.17, 15) is 13.2 Å². The zero-order valence-corrected chi connectivity index (χ0v) is 9.62. The maximum absolute atomic E-state index is 12.4. The molecular formula is C12H13F3N2. The summed E-state index contributed by atoms with van der Waals surface area (Å²) in [6.07, 6.45) is -4.48. The van der Waals surface area contributed by atoms with Crippen LogP contribution < -0.4 is 4.90 Å². The summed E-state index contributed by atoms with van der Waals surface area (Å²) in [4.78, 5) is 1.46. The molecule has 0 aliphatic rings. The number of nitriles is 1. The average Bonchev–Trinajstić information content (AvgIpc) is 2.24. The van der Waals surface area contributed by atoms with Crippen LogP contribution in [0.25, 0.3) is 0 Å². The molecule has 0 aliphatic heterocycles. The average molecular weight is 242 g/mol. The fourth-order valence-electron chi connectivity index (χ4n) is 1.58. The van der Waals surface area contributed by atoms with Gasteiger partial charge in [-0.1, -0.05) is 18.2 Å². The summed E-state index contributed by atoms with van der Waals surface area (Å²) in [5, 5.41) is 8.53. The Morgan fingerprint density at radius 2 is 1.94 bits per heavy atom. The summed E-state index contributed by atoms with van der Waals surface area (Å²) >= 11 is 0. The lowest BCUT2D eigenvalue weighted by atomic mass is 10.1. The SMILES string of the molecule is Cc1ccccc1N(C)CC(C#N)C(F)(F)F. The number of halogens is 3. The second-order valence-electron chi connectivity index (χ2n) is 3.89. The lowest BCUT2D eigenvalue weighted by molar-refractivity contribution is -0.156. The molecule has 0 fully saturated rings. The highest BCUT2D eigenvalue weighted by Gasteiger charge is 2.40.